The van der Waals surface area contributed by atoms with E-state index >= 15 is 0 Å². The summed E-state index contributed by atoms with van der Waals surface area (Å²) in [7, 11) is 0. The van der Waals surface area contributed by atoms with E-state index in [9.17, 15) is 18.0 Å². The van der Waals surface area contributed by atoms with E-state index in [0.29, 0.717) is 12.2 Å². The average molecular weight is 346 g/mol. The zero-order chi connectivity index (χ0) is 16.9. The van der Waals surface area contributed by atoms with Crippen molar-refractivity contribution in [3.05, 3.63) is 34.4 Å². The van der Waals surface area contributed by atoms with Crippen molar-refractivity contribution in [2.45, 2.75) is 19.6 Å². The van der Waals surface area contributed by atoms with Gasteiger partial charge in [-0.05, 0) is 13.0 Å². The van der Waals surface area contributed by atoms with Gasteiger partial charge in [-0.1, -0.05) is 0 Å². The van der Waals surface area contributed by atoms with Gasteiger partial charge in [0.05, 0.1) is 23.4 Å². The van der Waals surface area contributed by atoms with Gasteiger partial charge in [-0.2, -0.15) is 13.2 Å². The lowest BCUT2D eigenvalue weighted by atomic mass is 10.4. The zero-order valence-electron chi connectivity index (χ0n) is 12.0. The second-order valence-electron chi connectivity index (χ2n) is 4.44. The maximum Gasteiger partial charge on any atom is 0.422 e. The Kier molecular flexibility index (Phi) is 5.37. The molecule has 2 rings (SSSR count). The van der Waals surface area contributed by atoms with E-state index in [2.05, 4.69) is 25.3 Å². The van der Waals surface area contributed by atoms with Crippen molar-refractivity contribution in [1.82, 2.24) is 15.3 Å². The number of aromatic nitrogens is 2. The van der Waals surface area contributed by atoms with Crippen LogP contribution in [-0.4, -0.2) is 28.8 Å². The molecule has 0 saturated heterocycles. The van der Waals surface area contributed by atoms with Crippen molar-refractivity contribution < 1.29 is 22.7 Å². The average Bonchev–Trinajstić information content (AvgIpc) is 2.89. The number of urea groups is 1. The fourth-order valence-corrected chi connectivity index (χ4v) is 2.26. The standard InChI is InChI=1S/C13H13F3N4O2S/c1-8-17-5-10(23-8)6-19-12(21)20-9-2-3-11(18-4-9)22-7-13(14,15)16/h2-5H,6-7H2,1H3,(H2,19,20,21). The number of alkyl halides is 3. The van der Waals surface area contributed by atoms with Crippen molar-refractivity contribution in [3.63, 3.8) is 0 Å². The first-order valence-corrected chi connectivity index (χ1v) is 7.25. The Morgan fingerprint density at radius 3 is 2.65 bits per heavy atom. The van der Waals surface area contributed by atoms with E-state index in [-0.39, 0.29) is 5.88 Å². The van der Waals surface area contributed by atoms with Crippen molar-refractivity contribution in [3.8, 4) is 5.88 Å². The van der Waals surface area contributed by atoms with Crippen LogP contribution in [0.5, 0.6) is 5.88 Å². The number of halogens is 3. The number of carbonyl (C=O) groups is 1. The smallest absolute Gasteiger partial charge is 0.422 e. The highest BCUT2D eigenvalue weighted by Gasteiger charge is 2.28. The SMILES string of the molecule is Cc1ncc(CNC(=O)Nc2ccc(OCC(F)(F)F)nc2)s1. The Bertz CT molecular complexity index is 658. The van der Waals surface area contributed by atoms with E-state index < -0.39 is 18.8 Å². The summed E-state index contributed by atoms with van der Waals surface area (Å²) in [4.78, 5) is 20.3. The molecular formula is C13H13F3N4O2S. The molecule has 6 nitrogen and oxygen atoms in total. The lowest BCUT2D eigenvalue weighted by Gasteiger charge is -2.09. The molecule has 0 spiro atoms. The van der Waals surface area contributed by atoms with Crippen LogP contribution in [0.1, 0.15) is 9.88 Å². The fourth-order valence-electron chi connectivity index (χ4n) is 1.53. The maximum atomic E-state index is 12.0. The highest BCUT2D eigenvalue weighted by Crippen LogP contribution is 2.18. The third-order valence-electron chi connectivity index (χ3n) is 2.47. The van der Waals surface area contributed by atoms with Crippen molar-refractivity contribution in [2.24, 2.45) is 0 Å². The van der Waals surface area contributed by atoms with Crippen molar-refractivity contribution in [1.29, 1.82) is 0 Å². The lowest BCUT2D eigenvalue weighted by Crippen LogP contribution is -2.27. The number of pyridine rings is 1. The second kappa shape index (κ2) is 7.27. The molecule has 23 heavy (non-hydrogen) atoms. The number of hydrogen-bond acceptors (Lipinski definition) is 5. The molecule has 2 aromatic rings. The minimum Gasteiger partial charge on any atom is -0.468 e. The molecular weight excluding hydrogens is 333 g/mol. The van der Waals surface area contributed by atoms with Crippen LogP contribution in [0, 0.1) is 6.92 Å². The first-order chi connectivity index (χ1) is 10.8. The van der Waals surface area contributed by atoms with Gasteiger partial charge in [-0.3, -0.25) is 0 Å². The molecule has 0 aliphatic rings. The summed E-state index contributed by atoms with van der Waals surface area (Å²) in [6.07, 6.45) is -1.54. The first kappa shape index (κ1) is 17.0. The third kappa shape index (κ3) is 6.10. The number of carbonyl (C=O) groups excluding carboxylic acids is 1. The van der Waals surface area contributed by atoms with Gasteiger partial charge in [-0.25, -0.2) is 14.8 Å². The Morgan fingerprint density at radius 2 is 2.09 bits per heavy atom. The molecule has 2 aromatic heterocycles. The molecule has 0 fully saturated rings. The van der Waals surface area contributed by atoms with Crippen LogP contribution in [0.25, 0.3) is 0 Å². The van der Waals surface area contributed by atoms with Crippen LogP contribution < -0.4 is 15.4 Å². The van der Waals surface area contributed by atoms with Crippen molar-refractivity contribution in [2.75, 3.05) is 11.9 Å². The van der Waals surface area contributed by atoms with Gasteiger partial charge in [0.1, 0.15) is 0 Å². The van der Waals surface area contributed by atoms with E-state index in [1.807, 2.05) is 6.92 Å². The molecule has 124 valence electrons. The number of nitrogens with zero attached hydrogens (tertiary/aromatic N) is 2. The summed E-state index contributed by atoms with van der Waals surface area (Å²) in [6, 6.07) is 2.19. The number of amides is 2. The summed E-state index contributed by atoms with van der Waals surface area (Å²) in [6.45, 7) is 0.779. The monoisotopic (exact) mass is 346 g/mol. The zero-order valence-corrected chi connectivity index (χ0v) is 12.8. The predicted octanol–water partition coefficient (Wildman–Crippen LogP) is 3.11. The van der Waals surface area contributed by atoms with Gasteiger partial charge in [0.2, 0.25) is 5.88 Å². The predicted molar refractivity (Wildman–Crippen MR) is 78.5 cm³/mol. The molecule has 2 amide bonds. The van der Waals surface area contributed by atoms with Gasteiger partial charge in [0, 0.05) is 17.1 Å². The maximum absolute atomic E-state index is 12.0. The van der Waals surface area contributed by atoms with Crippen LogP contribution in [0.2, 0.25) is 0 Å². The minimum atomic E-state index is -4.42. The molecule has 0 saturated carbocycles. The van der Waals surface area contributed by atoms with Crippen LogP contribution in [0.15, 0.2) is 24.5 Å². The normalized spacial score (nSPS) is 11.1. The molecule has 10 heteroatoms. The van der Waals surface area contributed by atoms with E-state index in [4.69, 9.17) is 0 Å². The molecule has 2 N–H and O–H groups in total. The number of rotatable bonds is 5. The van der Waals surface area contributed by atoms with Gasteiger partial charge in [0.15, 0.2) is 6.61 Å². The second-order valence-corrected chi connectivity index (χ2v) is 5.76. The van der Waals surface area contributed by atoms with Crippen LogP contribution in [-0.2, 0) is 6.54 Å². The summed E-state index contributed by atoms with van der Waals surface area (Å²) in [5, 5.41) is 6.05. The lowest BCUT2D eigenvalue weighted by molar-refractivity contribution is -0.154. The molecule has 2 heterocycles. The number of ether oxygens (including phenoxy) is 1. The number of hydrogen-bond donors (Lipinski definition) is 2. The molecule has 0 aliphatic heterocycles. The Hall–Kier alpha value is -2.36. The number of thiazole rings is 1. The number of nitrogens with one attached hydrogen (secondary N) is 2. The highest BCUT2D eigenvalue weighted by atomic mass is 32.1. The summed E-state index contributed by atoms with van der Waals surface area (Å²) >= 11 is 1.47. The number of anilines is 1. The summed E-state index contributed by atoms with van der Waals surface area (Å²) < 4.78 is 40.5. The quantitative estimate of drug-likeness (QED) is 0.872. The molecule has 0 aliphatic carbocycles. The topological polar surface area (TPSA) is 76.1 Å². The van der Waals surface area contributed by atoms with Crippen molar-refractivity contribution >= 4 is 23.1 Å². The molecule has 0 bridgehead atoms. The number of aryl methyl sites for hydroxylation is 1. The van der Waals surface area contributed by atoms with Crippen LogP contribution >= 0.6 is 11.3 Å². The fraction of sp³-hybridized carbons (Fsp3) is 0.308. The minimum absolute atomic E-state index is 0.173. The molecule has 0 aromatic carbocycles. The first-order valence-electron chi connectivity index (χ1n) is 6.43. The Labute approximate surface area is 133 Å². The van der Waals surface area contributed by atoms with Gasteiger partial charge in [-0.15, -0.1) is 11.3 Å². The Morgan fingerprint density at radius 1 is 1.30 bits per heavy atom. The van der Waals surface area contributed by atoms with E-state index in [1.54, 1.807) is 6.20 Å². The summed E-state index contributed by atoms with van der Waals surface area (Å²) in [5.41, 5.74) is 0.336. The van der Waals surface area contributed by atoms with Gasteiger partial charge >= 0.3 is 12.2 Å². The Balaban J connectivity index is 1.79. The molecule has 0 atom stereocenters. The summed E-state index contributed by atoms with van der Waals surface area (Å²) in [5.74, 6) is -0.173. The molecule has 0 radical (unpaired) electrons. The van der Waals surface area contributed by atoms with E-state index in [0.717, 1.165) is 9.88 Å². The third-order valence-corrected chi connectivity index (χ3v) is 3.38. The van der Waals surface area contributed by atoms with Crippen LogP contribution in [0.4, 0.5) is 23.7 Å². The van der Waals surface area contributed by atoms with Crippen LogP contribution in [0.3, 0.4) is 0 Å². The largest absolute Gasteiger partial charge is 0.468 e. The van der Waals surface area contributed by atoms with E-state index in [1.165, 1.54) is 29.7 Å². The molecule has 0 unspecified atom stereocenters. The van der Waals surface area contributed by atoms with Gasteiger partial charge in [0.25, 0.3) is 0 Å². The van der Waals surface area contributed by atoms with Gasteiger partial charge < -0.3 is 15.4 Å². The highest BCUT2D eigenvalue weighted by molar-refractivity contribution is 7.11.